The van der Waals surface area contributed by atoms with Crippen molar-refractivity contribution in [2.75, 3.05) is 0 Å². The minimum absolute atomic E-state index is 0.0209. The number of thiophene rings is 1. The van der Waals surface area contributed by atoms with E-state index in [1.165, 1.54) is 16.9 Å². The summed E-state index contributed by atoms with van der Waals surface area (Å²) < 4.78 is 0. The van der Waals surface area contributed by atoms with Gasteiger partial charge in [0.25, 0.3) is 5.91 Å². The predicted octanol–water partition coefficient (Wildman–Crippen LogP) is 5.97. The number of nitrogens with zero attached hydrogens (tertiary/aromatic N) is 1. The molecule has 3 aromatic rings. The summed E-state index contributed by atoms with van der Waals surface area (Å²) in [6.45, 7) is 0.529. The van der Waals surface area contributed by atoms with E-state index in [9.17, 15) is 4.79 Å². The smallest absolute Gasteiger partial charge is 0.254 e. The van der Waals surface area contributed by atoms with Gasteiger partial charge in [0, 0.05) is 17.6 Å². The van der Waals surface area contributed by atoms with Crippen LogP contribution in [0.5, 0.6) is 0 Å². The van der Waals surface area contributed by atoms with Crippen molar-refractivity contribution in [3.05, 3.63) is 93.9 Å². The fraction of sp³-hybridized carbons (Fsp3) is 0.200. The highest BCUT2D eigenvalue weighted by Gasteiger charge is 2.24. The molecule has 0 aliphatic heterocycles. The zero-order chi connectivity index (χ0) is 19.9. The number of hydrogen-bond donors (Lipinski definition) is 1. The summed E-state index contributed by atoms with van der Waals surface area (Å²) in [5.41, 5.74) is 4.20. The molecule has 1 aliphatic carbocycles. The molecule has 0 spiro atoms. The first-order chi connectivity index (χ1) is 14.3. The lowest BCUT2D eigenvalue weighted by Gasteiger charge is -2.12. The van der Waals surface area contributed by atoms with Crippen molar-refractivity contribution in [2.24, 2.45) is 4.99 Å². The number of allylic oxidation sites excluding steroid dienone is 1. The third kappa shape index (κ3) is 4.90. The van der Waals surface area contributed by atoms with E-state index in [1.54, 1.807) is 17.6 Å². The molecule has 2 aromatic carbocycles. The van der Waals surface area contributed by atoms with E-state index in [-0.39, 0.29) is 5.91 Å². The molecule has 0 bridgehead atoms. The van der Waals surface area contributed by atoms with Gasteiger partial charge in [-0.2, -0.15) is 0 Å². The standard InChI is InChI=1S/C25H24N2OS/c28-24(27-18-20-12-5-2-6-13-20)23-21-15-7-8-16-22(21)29-25(23)26-17-9-14-19-10-3-1-4-11-19/h1-6,9-14,17H,7-8,15-16,18H2,(H,27,28)/b14-9+,26-17?. The number of hydrogen-bond acceptors (Lipinski definition) is 3. The normalized spacial score (nSPS) is 13.7. The first-order valence-electron chi connectivity index (χ1n) is 10.0. The Hall–Kier alpha value is -2.98. The molecule has 0 atom stereocenters. The molecule has 1 N–H and O–H groups in total. The molecule has 4 rings (SSSR count). The van der Waals surface area contributed by atoms with Gasteiger partial charge in [-0.15, -0.1) is 11.3 Å². The highest BCUT2D eigenvalue weighted by Crippen LogP contribution is 2.39. The van der Waals surface area contributed by atoms with E-state index in [0.29, 0.717) is 6.54 Å². The lowest BCUT2D eigenvalue weighted by molar-refractivity contribution is 0.0951. The highest BCUT2D eigenvalue weighted by molar-refractivity contribution is 7.16. The van der Waals surface area contributed by atoms with Crippen molar-refractivity contribution in [1.82, 2.24) is 5.32 Å². The third-order valence-corrected chi connectivity index (χ3v) is 6.24. The number of amides is 1. The van der Waals surface area contributed by atoms with Crippen molar-refractivity contribution >= 4 is 34.5 Å². The number of carbonyl (C=O) groups excluding carboxylic acids is 1. The molecule has 146 valence electrons. The Morgan fingerprint density at radius 2 is 1.72 bits per heavy atom. The summed E-state index contributed by atoms with van der Waals surface area (Å²) in [5.74, 6) is -0.0209. The van der Waals surface area contributed by atoms with Crippen molar-refractivity contribution < 1.29 is 4.79 Å². The first-order valence-corrected chi connectivity index (χ1v) is 10.9. The van der Waals surface area contributed by atoms with Crippen molar-refractivity contribution in [3.8, 4) is 0 Å². The van der Waals surface area contributed by atoms with Crippen LogP contribution in [0.25, 0.3) is 6.08 Å². The highest BCUT2D eigenvalue weighted by atomic mass is 32.1. The molecule has 1 heterocycles. The summed E-state index contributed by atoms with van der Waals surface area (Å²) in [7, 11) is 0. The summed E-state index contributed by atoms with van der Waals surface area (Å²) in [6.07, 6.45) is 10.1. The van der Waals surface area contributed by atoms with Gasteiger partial charge in [-0.05, 0) is 48.4 Å². The average Bonchev–Trinajstić information content (AvgIpc) is 3.15. The van der Waals surface area contributed by atoms with Gasteiger partial charge in [0.1, 0.15) is 5.00 Å². The molecule has 0 radical (unpaired) electrons. The van der Waals surface area contributed by atoms with Crippen LogP contribution in [0.15, 0.2) is 71.7 Å². The summed E-state index contributed by atoms with van der Waals surface area (Å²) in [5, 5.41) is 3.90. The zero-order valence-electron chi connectivity index (χ0n) is 16.3. The first kappa shape index (κ1) is 19.3. The second-order valence-corrected chi connectivity index (χ2v) is 8.19. The third-order valence-electron chi connectivity index (χ3n) is 5.04. The molecule has 3 nitrogen and oxygen atoms in total. The Morgan fingerprint density at radius 1 is 1.00 bits per heavy atom. The molecule has 1 amide bonds. The predicted molar refractivity (Wildman–Crippen MR) is 122 cm³/mol. The van der Waals surface area contributed by atoms with Crippen LogP contribution in [-0.2, 0) is 19.4 Å². The van der Waals surface area contributed by atoms with Crippen LogP contribution in [-0.4, -0.2) is 12.1 Å². The maximum atomic E-state index is 13.0. The monoisotopic (exact) mass is 400 g/mol. The molecular formula is C25H24N2OS. The van der Waals surface area contributed by atoms with Gasteiger partial charge in [0.15, 0.2) is 0 Å². The van der Waals surface area contributed by atoms with E-state index in [0.717, 1.165) is 41.0 Å². The van der Waals surface area contributed by atoms with E-state index in [2.05, 4.69) is 22.4 Å². The minimum atomic E-state index is -0.0209. The fourth-order valence-corrected chi connectivity index (χ4v) is 4.81. The van der Waals surface area contributed by atoms with Crippen LogP contribution in [0.4, 0.5) is 5.00 Å². The maximum absolute atomic E-state index is 13.0. The minimum Gasteiger partial charge on any atom is -0.348 e. The Labute approximate surface area is 175 Å². The Kier molecular flexibility index (Phi) is 6.32. The topological polar surface area (TPSA) is 41.5 Å². The molecular weight excluding hydrogens is 376 g/mol. The lowest BCUT2D eigenvalue weighted by atomic mass is 9.95. The lowest BCUT2D eigenvalue weighted by Crippen LogP contribution is -2.24. The summed E-state index contributed by atoms with van der Waals surface area (Å²) in [6, 6.07) is 20.1. The van der Waals surface area contributed by atoms with Gasteiger partial charge >= 0.3 is 0 Å². The van der Waals surface area contributed by atoms with Crippen molar-refractivity contribution in [3.63, 3.8) is 0 Å². The molecule has 29 heavy (non-hydrogen) atoms. The van der Waals surface area contributed by atoms with Gasteiger partial charge in [-0.3, -0.25) is 4.79 Å². The number of carbonyl (C=O) groups is 1. The zero-order valence-corrected chi connectivity index (χ0v) is 17.1. The number of aryl methyl sites for hydroxylation is 1. The van der Waals surface area contributed by atoms with Crippen molar-refractivity contribution in [1.29, 1.82) is 0 Å². The molecule has 1 aliphatic rings. The fourth-order valence-electron chi connectivity index (χ4n) is 3.57. The quantitative estimate of drug-likeness (QED) is 0.509. The number of fused-ring (bicyclic) bond motifs is 1. The van der Waals surface area contributed by atoms with E-state index < -0.39 is 0 Å². The molecule has 0 saturated carbocycles. The molecule has 0 saturated heterocycles. The van der Waals surface area contributed by atoms with E-state index in [4.69, 9.17) is 0 Å². The summed E-state index contributed by atoms with van der Waals surface area (Å²) >= 11 is 1.67. The number of benzene rings is 2. The van der Waals surface area contributed by atoms with Crippen molar-refractivity contribution in [2.45, 2.75) is 32.2 Å². The SMILES string of the molecule is O=C(NCc1ccccc1)c1c(N=C/C=C/c2ccccc2)sc2c1CCCC2. The summed E-state index contributed by atoms with van der Waals surface area (Å²) in [4.78, 5) is 19.0. The van der Waals surface area contributed by atoms with Gasteiger partial charge in [-0.25, -0.2) is 4.99 Å². The van der Waals surface area contributed by atoms with E-state index >= 15 is 0 Å². The van der Waals surface area contributed by atoms with Gasteiger partial charge in [0.2, 0.25) is 0 Å². The van der Waals surface area contributed by atoms with Crippen LogP contribution in [0.1, 0.15) is 44.8 Å². The van der Waals surface area contributed by atoms with Gasteiger partial charge < -0.3 is 5.32 Å². The van der Waals surface area contributed by atoms with E-state index in [1.807, 2.05) is 60.7 Å². The van der Waals surface area contributed by atoms with Gasteiger partial charge in [-0.1, -0.05) is 66.7 Å². The Morgan fingerprint density at radius 3 is 2.52 bits per heavy atom. The van der Waals surface area contributed by atoms with Gasteiger partial charge in [0.05, 0.1) is 5.56 Å². The van der Waals surface area contributed by atoms with Crippen LogP contribution in [0.3, 0.4) is 0 Å². The molecule has 0 unspecified atom stereocenters. The number of rotatable bonds is 6. The maximum Gasteiger partial charge on any atom is 0.254 e. The van der Waals surface area contributed by atoms with Crippen LogP contribution < -0.4 is 5.32 Å². The number of nitrogens with one attached hydrogen (secondary N) is 1. The largest absolute Gasteiger partial charge is 0.348 e. The van der Waals surface area contributed by atoms with Crippen LogP contribution in [0, 0.1) is 0 Å². The average molecular weight is 401 g/mol. The second kappa shape index (κ2) is 9.48. The molecule has 0 fully saturated rings. The second-order valence-electron chi connectivity index (χ2n) is 7.11. The number of aliphatic imine (C=N–C) groups is 1. The Balaban J connectivity index is 1.53. The van der Waals surface area contributed by atoms with Crippen LogP contribution >= 0.6 is 11.3 Å². The van der Waals surface area contributed by atoms with Crippen LogP contribution in [0.2, 0.25) is 0 Å². The molecule has 4 heteroatoms. The Bertz CT molecular complexity index is 1020. The molecule has 1 aromatic heterocycles.